The van der Waals surface area contributed by atoms with Gasteiger partial charge in [-0.3, -0.25) is 12.5 Å². The van der Waals surface area contributed by atoms with Crippen molar-refractivity contribution in [2.75, 3.05) is 45.2 Å². The van der Waals surface area contributed by atoms with E-state index >= 15 is 0 Å². The molecule has 0 saturated carbocycles. The molecule has 432 valence electrons. The van der Waals surface area contributed by atoms with E-state index in [0.717, 1.165) is 41.0 Å². The van der Waals surface area contributed by atoms with Crippen LogP contribution in [0.5, 0.6) is 23.0 Å². The molecule has 4 aromatic rings. The van der Waals surface area contributed by atoms with Crippen LogP contribution in [-0.4, -0.2) is 145 Å². The highest BCUT2D eigenvalue weighted by molar-refractivity contribution is 7.86. The van der Waals surface area contributed by atoms with Crippen molar-refractivity contribution in [3.05, 3.63) is 118 Å². The molecule has 4 aromatic carbocycles. The first kappa shape index (κ1) is 69.3. The highest BCUT2D eigenvalue weighted by Crippen LogP contribution is 2.33. The van der Waals surface area contributed by atoms with Gasteiger partial charge in [0.1, 0.15) is 95.1 Å². The minimum absolute atomic E-state index is 0. The summed E-state index contributed by atoms with van der Waals surface area (Å²) in [5.74, 6) is 0.854. The van der Waals surface area contributed by atoms with Gasteiger partial charge >= 0.3 is 0 Å². The molecule has 4 aliphatic rings. The molecule has 8 rings (SSSR count). The fourth-order valence-corrected chi connectivity index (χ4v) is 8.78. The third-order valence-corrected chi connectivity index (χ3v) is 13.0. The minimum atomic E-state index is -3.59. The van der Waals surface area contributed by atoms with Gasteiger partial charge in [0.15, 0.2) is 0 Å². The van der Waals surface area contributed by atoms with E-state index in [1.165, 1.54) is 66.7 Å². The molecule has 18 nitrogen and oxygen atoms in total. The first-order valence-corrected chi connectivity index (χ1v) is 27.9. The van der Waals surface area contributed by atoms with Crippen LogP contribution < -0.4 is 18.9 Å². The lowest BCUT2D eigenvalue weighted by molar-refractivity contribution is -0.00965. The predicted molar refractivity (Wildman–Crippen MR) is 277 cm³/mol. The standard InChI is InChI=1S/3C12H15FO5S.C11H13FO3.4CH4/c3*1-19(15,16)17-7-10(14)12-4-2-8-6-9(13)3-5-11(8)18-12;12-8-2-4-10-7(5-8)1-3-11(15-10)9(14)6-13;;;;/h3*3,5-6,10,12,14H,2,4,7H2,1H3;2,4-5,9,11,13-14H,1,3,6H2;4*1H4/t2*10-,12+;;;;;;/m10....../s1. The van der Waals surface area contributed by atoms with E-state index in [1.54, 1.807) is 6.07 Å². The molecular weight excluding hydrogens is 1070 g/mol. The van der Waals surface area contributed by atoms with Crippen molar-refractivity contribution in [2.24, 2.45) is 0 Å². The Balaban J connectivity index is 0.000000500. The molecule has 0 amide bonds. The largest absolute Gasteiger partial charge is 0.487 e. The van der Waals surface area contributed by atoms with Crippen LogP contribution in [0.15, 0.2) is 72.8 Å². The van der Waals surface area contributed by atoms with Crippen LogP contribution in [0.4, 0.5) is 17.6 Å². The number of halogens is 4. The maximum absolute atomic E-state index is 13.0. The molecule has 5 N–H and O–H groups in total. The Kier molecular flexibility index (Phi) is 28.3. The summed E-state index contributed by atoms with van der Waals surface area (Å²) in [7, 11) is -10.8. The van der Waals surface area contributed by atoms with E-state index in [4.69, 9.17) is 24.1 Å². The molecule has 0 aromatic heterocycles. The van der Waals surface area contributed by atoms with Gasteiger partial charge in [-0.1, -0.05) is 29.7 Å². The van der Waals surface area contributed by atoms with Crippen LogP contribution in [0.25, 0.3) is 0 Å². The van der Waals surface area contributed by atoms with Gasteiger partial charge in [0.05, 0.1) is 45.2 Å². The summed E-state index contributed by atoms with van der Waals surface area (Å²) in [6, 6.07) is 16.8. The van der Waals surface area contributed by atoms with Crippen LogP contribution in [-0.2, 0) is 68.6 Å². The van der Waals surface area contributed by atoms with Gasteiger partial charge in [0.2, 0.25) is 0 Å². The lowest BCUT2D eigenvalue weighted by atomic mass is 9.99. The number of hydrogen-bond donors (Lipinski definition) is 5. The van der Waals surface area contributed by atoms with Crippen molar-refractivity contribution in [2.45, 2.75) is 130 Å². The summed E-state index contributed by atoms with van der Waals surface area (Å²) in [6.07, 6.45) is 1.05. The van der Waals surface area contributed by atoms with Gasteiger partial charge in [0, 0.05) is 0 Å². The van der Waals surface area contributed by atoms with Crippen LogP contribution in [0, 0.1) is 23.3 Å². The molecule has 8 atom stereocenters. The average molecular weight is 1150 g/mol. The number of rotatable bonds is 14. The van der Waals surface area contributed by atoms with Crippen molar-refractivity contribution in [1.82, 2.24) is 0 Å². The Morgan fingerprint density at radius 3 is 0.842 bits per heavy atom. The van der Waals surface area contributed by atoms with E-state index in [2.05, 4.69) is 12.5 Å². The van der Waals surface area contributed by atoms with E-state index in [-0.39, 0.29) is 79.4 Å². The minimum Gasteiger partial charge on any atom is -0.487 e. The smallest absolute Gasteiger partial charge is 0.264 e. The van der Waals surface area contributed by atoms with Gasteiger partial charge in [-0.25, -0.2) is 17.6 Å². The zero-order valence-electron chi connectivity index (χ0n) is 39.3. The molecule has 76 heavy (non-hydrogen) atoms. The molecule has 4 unspecified atom stereocenters. The Morgan fingerprint density at radius 1 is 0.434 bits per heavy atom. The fraction of sp³-hybridized carbons (Fsp3) is 0.529. The SMILES string of the molecule is C.C.C.C.CS(=O)(=O)OCC(O)C1CCc2cc(F)ccc2O1.CS(=O)(=O)OC[C@@H](O)[C@@H]1CCc2cc(F)ccc2O1.CS(=O)(=O)OC[C@H](O)[C@H]1CCc2cc(F)ccc2O1.OCC(O)C1CCc2cc(F)ccc2O1. The van der Waals surface area contributed by atoms with Crippen LogP contribution in [0.1, 0.15) is 77.6 Å². The second-order valence-corrected chi connectivity index (χ2v) is 22.1. The maximum atomic E-state index is 13.0. The fourth-order valence-electron chi connectivity index (χ4n) is 7.62. The van der Waals surface area contributed by atoms with E-state index in [1.807, 2.05) is 0 Å². The number of aliphatic hydroxyl groups is 5. The van der Waals surface area contributed by atoms with Gasteiger partial charge in [-0.15, -0.1) is 0 Å². The molecular formula is C51H74F4O18S3. The topological polar surface area (TPSA) is 268 Å². The summed E-state index contributed by atoms with van der Waals surface area (Å²) < 4.78 is 153. The molecule has 0 bridgehead atoms. The highest BCUT2D eigenvalue weighted by atomic mass is 32.2. The lowest BCUT2D eigenvalue weighted by Crippen LogP contribution is -2.38. The Hall–Kier alpha value is -4.67. The number of benzene rings is 4. The highest BCUT2D eigenvalue weighted by Gasteiger charge is 2.31. The Bertz CT molecular complexity index is 2530. The third kappa shape index (κ3) is 22.7. The van der Waals surface area contributed by atoms with Gasteiger partial charge < -0.3 is 44.5 Å². The Morgan fingerprint density at radius 2 is 0.645 bits per heavy atom. The summed E-state index contributed by atoms with van der Waals surface area (Å²) in [6.45, 7) is -1.36. The van der Waals surface area contributed by atoms with Crippen LogP contribution >= 0.6 is 0 Å². The predicted octanol–water partition coefficient (Wildman–Crippen LogP) is 5.99. The molecule has 0 radical (unpaired) electrons. The normalized spacial score (nSPS) is 19.6. The van der Waals surface area contributed by atoms with E-state index in [0.29, 0.717) is 74.4 Å². The zero-order chi connectivity index (χ0) is 53.0. The first-order chi connectivity index (χ1) is 33.8. The van der Waals surface area contributed by atoms with Gasteiger partial charge in [0.25, 0.3) is 30.4 Å². The first-order valence-electron chi connectivity index (χ1n) is 22.4. The summed E-state index contributed by atoms with van der Waals surface area (Å²) in [5, 5.41) is 47.7. The summed E-state index contributed by atoms with van der Waals surface area (Å²) >= 11 is 0. The molecule has 0 fully saturated rings. The third-order valence-electron chi connectivity index (χ3n) is 11.3. The number of aryl methyl sites for hydroxylation is 4. The molecule has 25 heteroatoms. The second kappa shape index (κ2) is 31.1. The second-order valence-electron chi connectivity index (χ2n) is 17.2. The zero-order valence-corrected chi connectivity index (χ0v) is 41.8. The van der Waals surface area contributed by atoms with Crippen molar-refractivity contribution in [1.29, 1.82) is 0 Å². The van der Waals surface area contributed by atoms with Gasteiger partial charge in [-0.2, -0.15) is 25.3 Å². The van der Waals surface area contributed by atoms with E-state index in [9.17, 15) is 63.2 Å². The van der Waals surface area contributed by atoms with Crippen LogP contribution in [0.2, 0.25) is 0 Å². The molecule has 0 spiro atoms. The Labute approximate surface area is 444 Å². The maximum Gasteiger partial charge on any atom is 0.264 e. The quantitative estimate of drug-likeness (QED) is 0.0717. The van der Waals surface area contributed by atoms with Crippen molar-refractivity contribution in [3.63, 3.8) is 0 Å². The van der Waals surface area contributed by atoms with Crippen molar-refractivity contribution < 1.29 is 99.8 Å². The van der Waals surface area contributed by atoms with Crippen molar-refractivity contribution in [3.8, 4) is 23.0 Å². The number of fused-ring (bicyclic) bond motifs is 4. The molecule has 0 aliphatic carbocycles. The molecule has 4 aliphatic heterocycles. The summed E-state index contributed by atoms with van der Waals surface area (Å²) in [4.78, 5) is 0. The number of ether oxygens (including phenoxy) is 4. The average Bonchev–Trinajstić information content (AvgIpc) is 3.33. The molecule has 0 saturated heterocycles. The number of aliphatic hydroxyl groups excluding tert-OH is 5. The van der Waals surface area contributed by atoms with Gasteiger partial charge in [-0.05, 0) is 146 Å². The number of hydrogen-bond acceptors (Lipinski definition) is 18. The van der Waals surface area contributed by atoms with Crippen molar-refractivity contribution >= 4 is 30.4 Å². The monoisotopic (exact) mass is 1150 g/mol. The molecule has 4 heterocycles. The van der Waals surface area contributed by atoms with E-state index < -0.39 is 79.2 Å². The van der Waals surface area contributed by atoms with Crippen LogP contribution in [0.3, 0.4) is 0 Å². The summed E-state index contributed by atoms with van der Waals surface area (Å²) in [5.41, 5.74) is 3.05. The lowest BCUT2D eigenvalue weighted by Gasteiger charge is -2.29.